The van der Waals surface area contributed by atoms with E-state index in [1.54, 1.807) is 19.4 Å². The van der Waals surface area contributed by atoms with Crippen LogP contribution < -0.4 is 14.2 Å². The van der Waals surface area contributed by atoms with E-state index in [0.717, 1.165) is 30.7 Å². The monoisotopic (exact) mass is 371 g/mol. The Labute approximate surface area is 159 Å². The van der Waals surface area contributed by atoms with Crippen LogP contribution in [0.4, 0.5) is 0 Å². The Kier molecular flexibility index (Phi) is 6.46. The SMILES string of the molecule is COc1ccc(CCC(=O)N2CCCC(Oc3ccnc(OC)n3)C2)cc1. The van der Waals surface area contributed by atoms with Gasteiger partial charge in [0.1, 0.15) is 11.9 Å². The summed E-state index contributed by atoms with van der Waals surface area (Å²) in [7, 11) is 3.16. The maximum atomic E-state index is 12.6. The number of carbonyl (C=O) groups excluding carboxylic acids is 1. The van der Waals surface area contributed by atoms with Crippen LogP contribution in [0.2, 0.25) is 0 Å². The third-order valence-electron chi connectivity index (χ3n) is 4.60. The fourth-order valence-electron chi connectivity index (χ4n) is 3.12. The van der Waals surface area contributed by atoms with Crippen molar-refractivity contribution in [3.8, 4) is 17.6 Å². The molecule has 0 saturated carbocycles. The molecule has 0 aliphatic carbocycles. The molecule has 1 unspecified atom stereocenters. The number of aryl methyl sites for hydroxylation is 1. The number of amides is 1. The summed E-state index contributed by atoms with van der Waals surface area (Å²) in [5, 5.41) is 0. The van der Waals surface area contributed by atoms with Gasteiger partial charge in [-0.3, -0.25) is 4.79 Å². The van der Waals surface area contributed by atoms with Gasteiger partial charge in [-0.25, -0.2) is 4.98 Å². The summed E-state index contributed by atoms with van der Waals surface area (Å²) in [4.78, 5) is 22.6. The van der Waals surface area contributed by atoms with E-state index < -0.39 is 0 Å². The largest absolute Gasteiger partial charge is 0.497 e. The minimum atomic E-state index is -0.0664. The van der Waals surface area contributed by atoms with Crippen LogP contribution in [-0.4, -0.2) is 54.2 Å². The average Bonchev–Trinajstić information content (AvgIpc) is 2.72. The normalized spacial score (nSPS) is 16.7. The Hall–Kier alpha value is -2.83. The van der Waals surface area contributed by atoms with E-state index in [4.69, 9.17) is 14.2 Å². The summed E-state index contributed by atoms with van der Waals surface area (Å²) in [6.45, 7) is 1.35. The Morgan fingerprint density at radius 1 is 1.19 bits per heavy atom. The summed E-state index contributed by atoms with van der Waals surface area (Å²) in [5.41, 5.74) is 1.13. The van der Waals surface area contributed by atoms with Gasteiger partial charge >= 0.3 is 6.01 Å². The van der Waals surface area contributed by atoms with Crippen molar-refractivity contribution in [1.29, 1.82) is 0 Å². The van der Waals surface area contributed by atoms with Crippen molar-refractivity contribution in [3.63, 3.8) is 0 Å². The first-order valence-corrected chi connectivity index (χ1v) is 9.12. The smallest absolute Gasteiger partial charge is 0.319 e. The van der Waals surface area contributed by atoms with E-state index in [2.05, 4.69) is 9.97 Å². The third-order valence-corrected chi connectivity index (χ3v) is 4.60. The molecule has 0 radical (unpaired) electrons. The molecule has 1 amide bonds. The van der Waals surface area contributed by atoms with Gasteiger partial charge in [-0.05, 0) is 37.0 Å². The molecule has 7 nitrogen and oxygen atoms in total. The minimum Gasteiger partial charge on any atom is -0.497 e. The fourth-order valence-corrected chi connectivity index (χ4v) is 3.12. The standard InChI is InChI=1S/C20H25N3O4/c1-25-16-8-5-15(6-9-16)7-10-19(24)23-13-3-4-17(14-23)27-18-11-12-21-20(22-18)26-2/h5-6,8-9,11-12,17H,3-4,7,10,13-14H2,1-2H3. The number of rotatable bonds is 7. The van der Waals surface area contributed by atoms with Gasteiger partial charge in [-0.15, -0.1) is 0 Å². The predicted octanol–water partition coefficient (Wildman–Crippen LogP) is 2.50. The molecule has 1 aliphatic heterocycles. The van der Waals surface area contributed by atoms with E-state index in [9.17, 15) is 4.79 Å². The van der Waals surface area contributed by atoms with E-state index in [1.807, 2.05) is 29.2 Å². The molecule has 3 rings (SSSR count). The lowest BCUT2D eigenvalue weighted by Crippen LogP contribution is -2.44. The number of carbonyl (C=O) groups is 1. The maximum absolute atomic E-state index is 12.6. The first kappa shape index (κ1) is 18.9. The lowest BCUT2D eigenvalue weighted by molar-refractivity contribution is -0.133. The molecule has 1 aliphatic rings. The Bertz CT molecular complexity index is 751. The zero-order valence-electron chi connectivity index (χ0n) is 15.8. The summed E-state index contributed by atoms with van der Waals surface area (Å²) in [6.07, 6.45) is 4.55. The molecule has 0 spiro atoms. The predicted molar refractivity (Wildman–Crippen MR) is 100 cm³/mol. The number of nitrogens with zero attached hydrogens (tertiary/aromatic N) is 3. The van der Waals surface area contributed by atoms with E-state index in [0.29, 0.717) is 25.3 Å². The van der Waals surface area contributed by atoms with Gasteiger partial charge < -0.3 is 19.1 Å². The van der Waals surface area contributed by atoms with E-state index in [1.165, 1.54) is 7.11 Å². The number of methoxy groups -OCH3 is 2. The van der Waals surface area contributed by atoms with Crippen LogP contribution in [0.3, 0.4) is 0 Å². The number of likely N-dealkylation sites (tertiary alicyclic amines) is 1. The summed E-state index contributed by atoms with van der Waals surface area (Å²) >= 11 is 0. The molecule has 1 atom stereocenters. The van der Waals surface area contributed by atoms with Crippen LogP contribution in [0.5, 0.6) is 17.6 Å². The Morgan fingerprint density at radius 2 is 2.00 bits per heavy atom. The average molecular weight is 371 g/mol. The van der Waals surface area contributed by atoms with Gasteiger partial charge in [0.05, 0.1) is 20.8 Å². The number of aromatic nitrogens is 2. The Balaban J connectivity index is 1.51. The molecule has 0 bridgehead atoms. The lowest BCUT2D eigenvalue weighted by Gasteiger charge is -2.32. The zero-order chi connectivity index (χ0) is 19.1. The first-order valence-electron chi connectivity index (χ1n) is 9.12. The highest BCUT2D eigenvalue weighted by Gasteiger charge is 2.25. The highest BCUT2D eigenvalue weighted by atomic mass is 16.5. The highest BCUT2D eigenvalue weighted by Crippen LogP contribution is 2.19. The molecule has 144 valence electrons. The molecule has 27 heavy (non-hydrogen) atoms. The number of hydrogen-bond donors (Lipinski definition) is 0. The van der Waals surface area contributed by atoms with Crippen LogP contribution in [0.1, 0.15) is 24.8 Å². The van der Waals surface area contributed by atoms with Gasteiger partial charge in [0.2, 0.25) is 11.8 Å². The quantitative estimate of drug-likeness (QED) is 0.745. The summed E-state index contributed by atoms with van der Waals surface area (Å²) < 4.78 is 16.1. The van der Waals surface area contributed by atoms with Gasteiger partial charge in [0.15, 0.2) is 0 Å². The first-order chi connectivity index (χ1) is 13.2. The zero-order valence-corrected chi connectivity index (χ0v) is 15.8. The van der Waals surface area contributed by atoms with Crippen molar-refractivity contribution < 1.29 is 19.0 Å². The van der Waals surface area contributed by atoms with Crippen LogP contribution in [0.15, 0.2) is 36.5 Å². The van der Waals surface area contributed by atoms with E-state index >= 15 is 0 Å². The van der Waals surface area contributed by atoms with Crippen molar-refractivity contribution in [2.45, 2.75) is 31.8 Å². The van der Waals surface area contributed by atoms with Gasteiger partial charge in [0, 0.05) is 25.2 Å². The molecular formula is C20H25N3O4. The number of benzene rings is 1. The van der Waals surface area contributed by atoms with Crippen LogP contribution >= 0.6 is 0 Å². The summed E-state index contributed by atoms with van der Waals surface area (Å²) in [5.74, 6) is 1.45. The van der Waals surface area contributed by atoms with Crippen molar-refractivity contribution in [3.05, 3.63) is 42.1 Å². The van der Waals surface area contributed by atoms with Crippen LogP contribution in [0, 0.1) is 0 Å². The van der Waals surface area contributed by atoms with Crippen LogP contribution in [-0.2, 0) is 11.2 Å². The maximum Gasteiger partial charge on any atom is 0.319 e. The molecule has 0 N–H and O–H groups in total. The number of hydrogen-bond acceptors (Lipinski definition) is 6. The molecule has 2 aromatic rings. The second kappa shape index (κ2) is 9.21. The highest BCUT2D eigenvalue weighted by molar-refractivity contribution is 5.76. The van der Waals surface area contributed by atoms with Crippen molar-refractivity contribution in [2.75, 3.05) is 27.3 Å². The fraction of sp³-hybridized carbons (Fsp3) is 0.450. The van der Waals surface area contributed by atoms with Gasteiger partial charge in [-0.2, -0.15) is 4.98 Å². The second-order valence-electron chi connectivity index (χ2n) is 6.45. The van der Waals surface area contributed by atoms with Crippen molar-refractivity contribution in [1.82, 2.24) is 14.9 Å². The molecule has 1 saturated heterocycles. The minimum absolute atomic E-state index is 0.0664. The van der Waals surface area contributed by atoms with E-state index in [-0.39, 0.29) is 18.0 Å². The van der Waals surface area contributed by atoms with Crippen LogP contribution in [0.25, 0.3) is 0 Å². The molecule has 1 fully saturated rings. The molecular weight excluding hydrogens is 346 g/mol. The third kappa shape index (κ3) is 5.32. The van der Waals surface area contributed by atoms with Gasteiger partial charge in [0.25, 0.3) is 0 Å². The summed E-state index contributed by atoms with van der Waals surface area (Å²) in [6, 6.07) is 9.80. The van der Waals surface area contributed by atoms with Crippen molar-refractivity contribution in [2.24, 2.45) is 0 Å². The topological polar surface area (TPSA) is 73.8 Å². The molecule has 7 heteroatoms. The molecule has 1 aromatic carbocycles. The molecule has 2 heterocycles. The van der Waals surface area contributed by atoms with Crippen molar-refractivity contribution >= 4 is 5.91 Å². The second-order valence-corrected chi connectivity index (χ2v) is 6.45. The molecule has 1 aromatic heterocycles. The number of ether oxygens (including phenoxy) is 3. The lowest BCUT2D eigenvalue weighted by atomic mass is 10.1. The Morgan fingerprint density at radius 3 is 2.74 bits per heavy atom. The van der Waals surface area contributed by atoms with Gasteiger partial charge in [-0.1, -0.05) is 12.1 Å². The number of piperidine rings is 1.